The minimum absolute atomic E-state index is 0.275. The van der Waals surface area contributed by atoms with Gasteiger partial charge in [0.05, 0.1) is 22.8 Å². The summed E-state index contributed by atoms with van der Waals surface area (Å²) >= 11 is 5.99. The van der Waals surface area contributed by atoms with E-state index in [0.717, 1.165) is 12.0 Å². The van der Waals surface area contributed by atoms with Crippen molar-refractivity contribution in [1.82, 2.24) is 10.9 Å². The van der Waals surface area contributed by atoms with Gasteiger partial charge in [-0.05, 0) is 29.8 Å². The Balaban J connectivity index is 1.59. The van der Waals surface area contributed by atoms with Crippen LogP contribution >= 0.6 is 11.6 Å². The molecule has 0 saturated heterocycles. The standard InChI is InChI=1S/C22H19ClN2O3/c23-19-12-6-4-10-17(19)21(26)24-25-22(27)18-11-5-7-13-20(18)28-15-14-16-8-2-1-3-9-16/h1-13H,14-15H2,(H,24,26)(H,25,27). The Morgan fingerprint density at radius 1 is 0.750 bits per heavy atom. The van der Waals surface area contributed by atoms with Crippen LogP contribution < -0.4 is 15.6 Å². The van der Waals surface area contributed by atoms with Crippen molar-refractivity contribution in [3.8, 4) is 5.75 Å². The van der Waals surface area contributed by atoms with E-state index in [0.29, 0.717) is 22.9 Å². The van der Waals surface area contributed by atoms with Crippen LogP contribution in [0.4, 0.5) is 0 Å². The van der Waals surface area contributed by atoms with Crippen molar-refractivity contribution in [2.24, 2.45) is 0 Å². The SMILES string of the molecule is O=C(NNC(=O)c1ccccc1OCCc1ccccc1)c1ccccc1Cl. The second-order valence-corrected chi connectivity index (χ2v) is 6.38. The monoisotopic (exact) mass is 394 g/mol. The van der Waals surface area contributed by atoms with Gasteiger partial charge in [-0.25, -0.2) is 0 Å². The van der Waals surface area contributed by atoms with Gasteiger partial charge in [-0.3, -0.25) is 20.4 Å². The molecule has 0 radical (unpaired) electrons. The van der Waals surface area contributed by atoms with Gasteiger partial charge >= 0.3 is 0 Å². The quantitative estimate of drug-likeness (QED) is 0.620. The normalized spacial score (nSPS) is 10.2. The molecule has 0 bridgehead atoms. The average Bonchev–Trinajstić information content (AvgIpc) is 2.73. The highest BCUT2D eigenvalue weighted by Gasteiger charge is 2.14. The lowest BCUT2D eigenvalue weighted by Crippen LogP contribution is -2.41. The zero-order valence-electron chi connectivity index (χ0n) is 15.0. The predicted octanol–water partition coefficient (Wildman–Crippen LogP) is 4.04. The summed E-state index contributed by atoms with van der Waals surface area (Å²) in [6, 6.07) is 23.4. The fraction of sp³-hybridized carbons (Fsp3) is 0.0909. The molecule has 142 valence electrons. The number of benzene rings is 3. The van der Waals surface area contributed by atoms with Gasteiger partial charge in [0.2, 0.25) is 0 Å². The largest absolute Gasteiger partial charge is 0.492 e. The van der Waals surface area contributed by atoms with Crippen molar-refractivity contribution in [2.45, 2.75) is 6.42 Å². The Labute approximate surface area is 168 Å². The molecule has 5 nitrogen and oxygen atoms in total. The van der Waals surface area contributed by atoms with Crippen molar-refractivity contribution in [3.05, 3.63) is 101 Å². The summed E-state index contributed by atoms with van der Waals surface area (Å²) in [6.07, 6.45) is 0.722. The van der Waals surface area contributed by atoms with Gasteiger partial charge in [0.1, 0.15) is 5.75 Å². The summed E-state index contributed by atoms with van der Waals surface area (Å²) in [5, 5.41) is 0.305. The van der Waals surface area contributed by atoms with Crippen LogP contribution in [0.3, 0.4) is 0 Å². The predicted molar refractivity (Wildman–Crippen MR) is 108 cm³/mol. The molecule has 0 spiro atoms. The molecule has 3 aromatic rings. The van der Waals surface area contributed by atoms with Crippen LogP contribution in [0.2, 0.25) is 5.02 Å². The van der Waals surface area contributed by atoms with E-state index in [4.69, 9.17) is 16.3 Å². The first kappa shape index (κ1) is 19.5. The van der Waals surface area contributed by atoms with Crippen LogP contribution in [0, 0.1) is 0 Å². The highest BCUT2D eigenvalue weighted by molar-refractivity contribution is 6.33. The summed E-state index contributed by atoms with van der Waals surface area (Å²) in [5.74, 6) is -0.528. The smallest absolute Gasteiger partial charge is 0.273 e. The molecule has 2 amide bonds. The molecule has 3 rings (SSSR count). The summed E-state index contributed by atoms with van der Waals surface area (Å²) < 4.78 is 5.78. The minimum atomic E-state index is -0.499. The van der Waals surface area contributed by atoms with Crippen molar-refractivity contribution in [2.75, 3.05) is 6.61 Å². The Kier molecular flexibility index (Phi) is 6.65. The maximum absolute atomic E-state index is 12.5. The van der Waals surface area contributed by atoms with E-state index < -0.39 is 11.8 Å². The lowest BCUT2D eigenvalue weighted by Gasteiger charge is -2.12. The Morgan fingerprint density at radius 3 is 2.04 bits per heavy atom. The van der Waals surface area contributed by atoms with Gasteiger partial charge in [-0.2, -0.15) is 0 Å². The molecule has 2 N–H and O–H groups in total. The van der Waals surface area contributed by atoms with Gasteiger partial charge < -0.3 is 4.74 Å². The average molecular weight is 395 g/mol. The molecule has 0 aliphatic heterocycles. The van der Waals surface area contributed by atoms with Crippen LogP contribution in [0.15, 0.2) is 78.9 Å². The van der Waals surface area contributed by atoms with E-state index in [1.807, 2.05) is 30.3 Å². The number of rotatable bonds is 6. The first-order chi connectivity index (χ1) is 13.6. The first-order valence-electron chi connectivity index (χ1n) is 8.76. The number of hydrazine groups is 1. The van der Waals surface area contributed by atoms with Crippen LogP contribution in [0.25, 0.3) is 0 Å². The van der Waals surface area contributed by atoms with E-state index >= 15 is 0 Å². The Hall–Kier alpha value is -3.31. The highest BCUT2D eigenvalue weighted by atomic mass is 35.5. The molecule has 6 heteroatoms. The molecule has 0 aliphatic carbocycles. The number of carbonyl (C=O) groups excluding carboxylic acids is 2. The minimum Gasteiger partial charge on any atom is -0.492 e. The van der Waals surface area contributed by atoms with Crippen molar-refractivity contribution >= 4 is 23.4 Å². The lowest BCUT2D eigenvalue weighted by molar-refractivity contribution is 0.0844. The number of carbonyl (C=O) groups is 2. The summed E-state index contributed by atoms with van der Waals surface area (Å²) in [7, 11) is 0. The Morgan fingerprint density at radius 2 is 1.32 bits per heavy atom. The maximum atomic E-state index is 12.5. The van der Waals surface area contributed by atoms with Crippen molar-refractivity contribution in [3.63, 3.8) is 0 Å². The highest BCUT2D eigenvalue weighted by Crippen LogP contribution is 2.18. The third-order valence-corrected chi connectivity index (χ3v) is 4.36. The number of nitrogens with one attached hydrogen (secondary N) is 2. The van der Waals surface area contributed by atoms with Gasteiger partial charge in [0, 0.05) is 6.42 Å². The molecule has 0 heterocycles. The molecule has 0 saturated carbocycles. The molecule has 28 heavy (non-hydrogen) atoms. The van der Waals surface area contributed by atoms with Crippen LogP contribution in [0.1, 0.15) is 26.3 Å². The molecular formula is C22H19ClN2O3. The van der Waals surface area contributed by atoms with E-state index in [-0.39, 0.29) is 5.56 Å². The Bertz CT molecular complexity index is 961. The second kappa shape index (κ2) is 9.58. The number of halogens is 1. The van der Waals surface area contributed by atoms with Crippen LogP contribution in [0.5, 0.6) is 5.75 Å². The van der Waals surface area contributed by atoms with Gasteiger partial charge in [0.25, 0.3) is 11.8 Å². The zero-order chi connectivity index (χ0) is 19.8. The topological polar surface area (TPSA) is 67.4 Å². The molecule has 0 aromatic heterocycles. The molecule has 0 aliphatic rings. The molecule has 0 atom stereocenters. The number of hydrogen-bond acceptors (Lipinski definition) is 3. The van der Waals surface area contributed by atoms with E-state index in [1.165, 1.54) is 0 Å². The number of hydrogen-bond donors (Lipinski definition) is 2. The molecule has 0 fully saturated rings. The lowest BCUT2D eigenvalue weighted by atomic mass is 10.1. The number of para-hydroxylation sites is 1. The number of amides is 2. The fourth-order valence-electron chi connectivity index (χ4n) is 2.60. The van der Waals surface area contributed by atoms with Crippen molar-refractivity contribution < 1.29 is 14.3 Å². The molecular weight excluding hydrogens is 376 g/mol. The van der Waals surface area contributed by atoms with E-state index in [2.05, 4.69) is 10.9 Å². The maximum Gasteiger partial charge on any atom is 0.273 e. The second-order valence-electron chi connectivity index (χ2n) is 5.97. The number of ether oxygens (including phenoxy) is 1. The van der Waals surface area contributed by atoms with E-state index in [1.54, 1.807) is 48.5 Å². The molecule has 3 aromatic carbocycles. The van der Waals surface area contributed by atoms with Crippen molar-refractivity contribution in [1.29, 1.82) is 0 Å². The summed E-state index contributed by atoms with van der Waals surface area (Å²) in [5.41, 5.74) is 6.52. The van der Waals surface area contributed by atoms with Crippen LogP contribution in [-0.2, 0) is 6.42 Å². The first-order valence-corrected chi connectivity index (χ1v) is 9.14. The van der Waals surface area contributed by atoms with Gasteiger partial charge in [-0.15, -0.1) is 0 Å². The van der Waals surface area contributed by atoms with E-state index in [9.17, 15) is 9.59 Å². The van der Waals surface area contributed by atoms with Crippen LogP contribution in [-0.4, -0.2) is 18.4 Å². The fourth-order valence-corrected chi connectivity index (χ4v) is 2.82. The zero-order valence-corrected chi connectivity index (χ0v) is 15.8. The third-order valence-electron chi connectivity index (χ3n) is 4.03. The van der Waals surface area contributed by atoms with Gasteiger partial charge in [0.15, 0.2) is 0 Å². The summed E-state index contributed by atoms with van der Waals surface area (Å²) in [4.78, 5) is 24.7. The summed E-state index contributed by atoms with van der Waals surface area (Å²) in [6.45, 7) is 0.431. The third kappa shape index (κ3) is 5.11. The molecule has 0 unspecified atom stereocenters. The van der Waals surface area contributed by atoms with Gasteiger partial charge in [-0.1, -0.05) is 66.2 Å².